The maximum Gasteiger partial charge on any atom is 0.104 e. The van der Waals surface area contributed by atoms with E-state index in [-0.39, 0.29) is 13.2 Å². The van der Waals surface area contributed by atoms with Gasteiger partial charge in [0.15, 0.2) is 0 Å². The molecule has 1 aliphatic rings. The number of aliphatic hydroxyl groups excluding tert-OH is 1. The molecule has 0 bridgehead atoms. The van der Waals surface area contributed by atoms with Gasteiger partial charge in [-0.3, -0.25) is 0 Å². The number of ether oxygens (including phenoxy) is 3. The van der Waals surface area contributed by atoms with Gasteiger partial charge in [-0.1, -0.05) is 65.8 Å². The molecule has 1 saturated heterocycles. The van der Waals surface area contributed by atoms with Crippen LogP contribution in [0.4, 0.5) is 0 Å². The molecule has 1 heterocycles. The van der Waals surface area contributed by atoms with Crippen LogP contribution in [0.25, 0.3) is 10.4 Å². The summed E-state index contributed by atoms with van der Waals surface area (Å²) >= 11 is 0. The van der Waals surface area contributed by atoms with E-state index in [9.17, 15) is 5.11 Å². The quantitative estimate of drug-likeness (QED) is 0.439. The molecule has 0 radical (unpaired) electrons. The average Bonchev–Trinajstić information content (AvgIpc) is 2.71. The molecule has 142 valence electrons. The van der Waals surface area contributed by atoms with Gasteiger partial charge in [-0.05, 0) is 16.7 Å². The average molecular weight is 369 g/mol. The van der Waals surface area contributed by atoms with E-state index >= 15 is 0 Å². The van der Waals surface area contributed by atoms with Gasteiger partial charge in [-0.25, -0.2) is 0 Å². The Morgan fingerprint density at radius 2 is 1.67 bits per heavy atom. The molecule has 0 aromatic heterocycles. The zero-order chi connectivity index (χ0) is 18.9. The van der Waals surface area contributed by atoms with Crippen LogP contribution < -0.4 is 0 Å². The maximum atomic E-state index is 10.3. The molecular weight excluding hydrogens is 346 g/mol. The Morgan fingerprint density at radius 3 is 2.30 bits per heavy atom. The highest BCUT2D eigenvalue weighted by Gasteiger charge is 2.40. The molecular formula is C20H23N3O4. The van der Waals surface area contributed by atoms with Crippen molar-refractivity contribution in [1.29, 1.82) is 0 Å². The Hall–Kier alpha value is -2.41. The number of rotatable bonds is 8. The SMILES string of the molecule is [N-]=[N+]=NC1C(COCc2ccccc2)OCC(O)C1OCc1ccccc1. The topological polar surface area (TPSA) is 96.7 Å². The number of hydrogen-bond donors (Lipinski definition) is 1. The Balaban J connectivity index is 1.60. The second-order valence-corrected chi connectivity index (χ2v) is 6.40. The molecule has 0 saturated carbocycles. The summed E-state index contributed by atoms with van der Waals surface area (Å²) in [6.07, 6.45) is -2.00. The van der Waals surface area contributed by atoms with Crippen LogP contribution in [0.15, 0.2) is 65.8 Å². The van der Waals surface area contributed by atoms with Crippen LogP contribution in [0.3, 0.4) is 0 Å². The van der Waals surface area contributed by atoms with Gasteiger partial charge in [0.05, 0.1) is 44.7 Å². The summed E-state index contributed by atoms with van der Waals surface area (Å²) in [5.74, 6) is 0. The third-order valence-corrected chi connectivity index (χ3v) is 4.44. The summed E-state index contributed by atoms with van der Waals surface area (Å²) < 4.78 is 17.3. The van der Waals surface area contributed by atoms with Crippen LogP contribution in [-0.2, 0) is 27.4 Å². The fourth-order valence-electron chi connectivity index (χ4n) is 3.04. The van der Waals surface area contributed by atoms with Crippen molar-refractivity contribution in [2.75, 3.05) is 13.2 Å². The summed E-state index contributed by atoms with van der Waals surface area (Å²) in [7, 11) is 0. The van der Waals surface area contributed by atoms with Crippen molar-refractivity contribution in [2.24, 2.45) is 5.11 Å². The van der Waals surface area contributed by atoms with E-state index in [0.29, 0.717) is 13.2 Å². The third kappa shape index (κ3) is 5.53. The Morgan fingerprint density at radius 1 is 1.04 bits per heavy atom. The van der Waals surface area contributed by atoms with Crippen molar-refractivity contribution >= 4 is 0 Å². The highest BCUT2D eigenvalue weighted by atomic mass is 16.6. The Labute approximate surface area is 158 Å². The van der Waals surface area contributed by atoms with E-state index in [4.69, 9.17) is 19.7 Å². The first-order chi connectivity index (χ1) is 13.3. The zero-order valence-corrected chi connectivity index (χ0v) is 14.9. The Kier molecular flexibility index (Phi) is 7.21. The second-order valence-electron chi connectivity index (χ2n) is 6.40. The van der Waals surface area contributed by atoms with Crippen molar-refractivity contribution in [1.82, 2.24) is 0 Å². The van der Waals surface area contributed by atoms with E-state index in [1.165, 1.54) is 0 Å². The molecule has 0 spiro atoms. The lowest BCUT2D eigenvalue weighted by atomic mass is 9.98. The smallest absolute Gasteiger partial charge is 0.104 e. The van der Waals surface area contributed by atoms with Crippen LogP contribution in [0.2, 0.25) is 0 Å². The number of aliphatic hydroxyl groups is 1. The summed E-state index contributed by atoms with van der Waals surface area (Å²) in [4.78, 5) is 2.91. The molecule has 27 heavy (non-hydrogen) atoms. The molecule has 3 rings (SSSR count). The first-order valence-electron chi connectivity index (χ1n) is 8.89. The molecule has 1 fully saturated rings. The van der Waals surface area contributed by atoms with Gasteiger partial charge in [0, 0.05) is 4.91 Å². The molecule has 0 aliphatic carbocycles. The van der Waals surface area contributed by atoms with Crippen LogP contribution >= 0.6 is 0 Å². The third-order valence-electron chi connectivity index (χ3n) is 4.44. The predicted octanol–water partition coefficient (Wildman–Crippen LogP) is 3.23. The van der Waals surface area contributed by atoms with Crippen LogP contribution in [0.5, 0.6) is 0 Å². The van der Waals surface area contributed by atoms with E-state index in [0.717, 1.165) is 11.1 Å². The zero-order valence-electron chi connectivity index (χ0n) is 14.9. The minimum Gasteiger partial charge on any atom is -0.388 e. The summed E-state index contributed by atoms with van der Waals surface area (Å²) in [5.41, 5.74) is 11.0. The molecule has 7 heteroatoms. The normalized spacial score (nSPS) is 24.9. The van der Waals surface area contributed by atoms with Crippen molar-refractivity contribution in [3.05, 3.63) is 82.2 Å². The largest absolute Gasteiger partial charge is 0.388 e. The standard InChI is InChI=1S/C20H23N3O4/c21-23-22-19-18(14-25-11-15-7-3-1-4-8-15)26-13-17(24)20(19)27-12-16-9-5-2-6-10-16/h1-10,17-20,24H,11-14H2. The molecule has 0 amide bonds. The lowest BCUT2D eigenvalue weighted by molar-refractivity contribution is -0.171. The fourth-order valence-corrected chi connectivity index (χ4v) is 3.04. The summed E-state index contributed by atoms with van der Waals surface area (Å²) in [6, 6.07) is 18.8. The number of nitrogens with zero attached hydrogens (tertiary/aromatic N) is 3. The van der Waals surface area contributed by atoms with E-state index < -0.39 is 24.4 Å². The first kappa shape index (κ1) is 19.4. The van der Waals surface area contributed by atoms with Crippen LogP contribution in [0, 0.1) is 0 Å². The molecule has 4 unspecified atom stereocenters. The lowest BCUT2D eigenvalue weighted by Gasteiger charge is -2.38. The molecule has 2 aromatic carbocycles. The molecule has 2 aromatic rings. The van der Waals surface area contributed by atoms with Gasteiger partial charge < -0.3 is 19.3 Å². The van der Waals surface area contributed by atoms with Crippen molar-refractivity contribution < 1.29 is 19.3 Å². The first-order valence-corrected chi connectivity index (χ1v) is 8.89. The summed E-state index contributed by atoms with van der Waals surface area (Å²) in [6.45, 7) is 1.10. The number of azide groups is 1. The van der Waals surface area contributed by atoms with E-state index in [1.807, 2.05) is 60.7 Å². The molecule has 7 nitrogen and oxygen atoms in total. The minimum absolute atomic E-state index is 0.107. The van der Waals surface area contributed by atoms with Crippen molar-refractivity contribution in [3.8, 4) is 0 Å². The van der Waals surface area contributed by atoms with Crippen LogP contribution in [-0.4, -0.2) is 42.7 Å². The van der Waals surface area contributed by atoms with Crippen molar-refractivity contribution in [3.63, 3.8) is 0 Å². The predicted molar refractivity (Wildman–Crippen MR) is 99.8 cm³/mol. The number of benzene rings is 2. The van der Waals surface area contributed by atoms with Gasteiger partial charge in [-0.15, -0.1) is 0 Å². The minimum atomic E-state index is -0.866. The maximum absolute atomic E-state index is 10.3. The van der Waals surface area contributed by atoms with Crippen LogP contribution in [0.1, 0.15) is 11.1 Å². The van der Waals surface area contributed by atoms with Gasteiger partial charge in [0.2, 0.25) is 0 Å². The van der Waals surface area contributed by atoms with E-state index in [2.05, 4.69) is 10.0 Å². The fraction of sp³-hybridized carbons (Fsp3) is 0.400. The van der Waals surface area contributed by atoms with Gasteiger partial charge in [-0.2, -0.15) is 0 Å². The molecule has 1 aliphatic heterocycles. The van der Waals surface area contributed by atoms with Gasteiger partial charge in [0.1, 0.15) is 6.10 Å². The summed E-state index contributed by atoms with van der Waals surface area (Å²) in [5, 5.41) is 14.1. The lowest BCUT2D eigenvalue weighted by Crippen LogP contribution is -2.54. The monoisotopic (exact) mass is 369 g/mol. The molecule has 1 N–H and O–H groups in total. The highest BCUT2D eigenvalue weighted by molar-refractivity contribution is 5.14. The Bertz CT molecular complexity index is 737. The van der Waals surface area contributed by atoms with E-state index in [1.54, 1.807) is 0 Å². The second kappa shape index (κ2) is 10.1. The van der Waals surface area contributed by atoms with Crippen molar-refractivity contribution in [2.45, 2.75) is 37.6 Å². The highest BCUT2D eigenvalue weighted by Crippen LogP contribution is 2.23. The molecule has 4 atom stereocenters. The van der Waals surface area contributed by atoms with Gasteiger partial charge >= 0.3 is 0 Å². The number of hydrogen-bond acceptors (Lipinski definition) is 5. The van der Waals surface area contributed by atoms with Gasteiger partial charge in [0.25, 0.3) is 0 Å².